The molecule has 0 aromatic heterocycles. The van der Waals surface area contributed by atoms with Gasteiger partial charge in [-0.15, -0.1) is 0 Å². The van der Waals surface area contributed by atoms with Crippen molar-refractivity contribution in [2.45, 2.75) is 88.0 Å². The number of thiol groups is 1. The minimum Gasteiger partial charge on any atom is -0.380 e. The summed E-state index contributed by atoms with van der Waals surface area (Å²) in [6.07, 6.45) is -2.03. The van der Waals surface area contributed by atoms with Crippen LogP contribution in [0.2, 0.25) is 0 Å². The van der Waals surface area contributed by atoms with Gasteiger partial charge in [-0.1, -0.05) is 0 Å². The van der Waals surface area contributed by atoms with E-state index in [2.05, 4.69) is 12.6 Å². The molecule has 3 unspecified atom stereocenters. The van der Waals surface area contributed by atoms with Crippen molar-refractivity contribution >= 4 is 36.1 Å². The van der Waals surface area contributed by atoms with Crippen LogP contribution in [-0.2, 0) is 32.6 Å². The second kappa shape index (κ2) is 10.6. The van der Waals surface area contributed by atoms with E-state index in [9.17, 15) is 9.46 Å². The fourth-order valence-corrected chi connectivity index (χ4v) is 4.45. The average Bonchev–Trinajstić information content (AvgIpc) is 3.04. The molecule has 4 radical (unpaired) electrons. The minimum absolute atomic E-state index is 0.0395. The predicted octanol–water partition coefficient (Wildman–Crippen LogP) is 1.18. The quantitative estimate of drug-likeness (QED) is 0.301. The Morgan fingerprint density at radius 2 is 1.82 bits per heavy atom. The van der Waals surface area contributed by atoms with Crippen molar-refractivity contribution in [1.82, 2.24) is 0 Å². The van der Waals surface area contributed by atoms with Gasteiger partial charge in [0, 0.05) is 17.3 Å². The van der Waals surface area contributed by atoms with Crippen LogP contribution in [0.4, 0.5) is 0 Å². The number of hydrogen-bond acceptors (Lipinski definition) is 8. The molecule has 2 heterocycles. The average molecular weight is 434 g/mol. The topological polar surface area (TPSA) is 92.7 Å². The van der Waals surface area contributed by atoms with E-state index in [1.54, 1.807) is 0 Å². The van der Waals surface area contributed by atoms with E-state index >= 15 is 0 Å². The summed E-state index contributed by atoms with van der Waals surface area (Å²) in [5.41, 5.74) is 0. The molecular formula is C16H29B2O8PS. The lowest BCUT2D eigenvalue weighted by atomic mass is 9.95. The van der Waals surface area contributed by atoms with Gasteiger partial charge in [-0.2, -0.15) is 12.6 Å². The monoisotopic (exact) mass is 434 g/mol. The van der Waals surface area contributed by atoms with E-state index in [4.69, 9.17) is 43.7 Å². The van der Waals surface area contributed by atoms with Gasteiger partial charge in [0.05, 0.1) is 31.5 Å². The lowest BCUT2D eigenvalue weighted by molar-refractivity contribution is -0.0648. The standard InChI is InChI=1S/C16H29B2O8PS/c1-8(2)21-6-12-14(15(28)16(18)25-12)26-27(19,20)22-7-11-10(23-9(3)4)5-13(17)24-11/h8-16,28H,5-7H2,1-4H3,(H,19,20)/t10?,11-,12-,13-,14?,15+,16-/m1/s1. The van der Waals surface area contributed by atoms with Crippen LogP contribution < -0.4 is 0 Å². The molecule has 0 saturated carbocycles. The van der Waals surface area contributed by atoms with E-state index in [1.165, 1.54) is 0 Å². The van der Waals surface area contributed by atoms with Crippen LogP contribution in [0.1, 0.15) is 34.1 Å². The normalized spacial score (nSPS) is 38.4. The van der Waals surface area contributed by atoms with Crippen molar-refractivity contribution in [3.63, 3.8) is 0 Å². The third-order valence-electron chi connectivity index (χ3n) is 4.30. The Balaban J connectivity index is 1.93. The van der Waals surface area contributed by atoms with Crippen molar-refractivity contribution in [3.05, 3.63) is 0 Å². The zero-order valence-corrected chi connectivity index (χ0v) is 18.5. The molecule has 2 aliphatic rings. The molecule has 2 saturated heterocycles. The van der Waals surface area contributed by atoms with Crippen LogP contribution >= 0.6 is 20.5 Å². The number of ether oxygens (including phenoxy) is 4. The molecule has 0 bridgehead atoms. The van der Waals surface area contributed by atoms with Gasteiger partial charge in [-0.05, 0) is 34.1 Å². The van der Waals surface area contributed by atoms with Gasteiger partial charge in [0.2, 0.25) is 0 Å². The first-order valence-electron chi connectivity index (χ1n) is 9.41. The van der Waals surface area contributed by atoms with E-state index in [0.29, 0.717) is 6.42 Å². The Hall–Kier alpha value is 0.430. The minimum atomic E-state index is -4.44. The highest BCUT2D eigenvalue weighted by atomic mass is 32.1. The molecule has 2 fully saturated rings. The maximum atomic E-state index is 12.5. The Bertz CT molecular complexity index is 543. The highest BCUT2D eigenvalue weighted by molar-refractivity contribution is 7.81. The molecule has 158 valence electrons. The number of phosphoric ester groups is 1. The van der Waals surface area contributed by atoms with Crippen molar-refractivity contribution in [3.8, 4) is 0 Å². The van der Waals surface area contributed by atoms with Crippen LogP contribution in [0.5, 0.6) is 0 Å². The molecule has 0 aromatic carbocycles. The van der Waals surface area contributed by atoms with Gasteiger partial charge in [0.25, 0.3) is 0 Å². The molecule has 0 aromatic rings. The number of rotatable bonds is 10. The van der Waals surface area contributed by atoms with Crippen molar-refractivity contribution in [2.75, 3.05) is 13.2 Å². The summed E-state index contributed by atoms with van der Waals surface area (Å²) in [6, 6.07) is -1.27. The number of phosphoric acid groups is 1. The molecule has 2 aliphatic heterocycles. The van der Waals surface area contributed by atoms with Gasteiger partial charge in [0.1, 0.15) is 34.0 Å². The summed E-state index contributed by atoms with van der Waals surface area (Å²) in [7, 11) is 7.20. The smallest absolute Gasteiger partial charge is 0.380 e. The number of hydrogen-bond donors (Lipinski definition) is 2. The summed E-state index contributed by atoms with van der Waals surface area (Å²) < 4.78 is 45.3. The Morgan fingerprint density at radius 3 is 2.43 bits per heavy atom. The maximum Gasteiger partial charge on any atom is 0.472 e. The third-order valence-corrected chi connectivity index (χ3v) is 5.87. The first-order chi connectivity index (χ1) is 13.0. The molecule has 28 heavy (non-hydrogen) atoms. The first kappa shape index (κ1) is 24.7. The van der Waals surface area contributed by atoms with Crippen molar-refractivity contribution in [1.29, 1.82) is 0 Å². The molecule has 8 atom stereocenters. The zero-order chi connectivity index (χ0) is 21.1. The Morgan fingerprint density at radius 1 is 1.14 bits per heavy atom. The molecule has 0 amide bonds. The highest BCUT2D eigenvalue weighted by Crippen LogP contribution is 2.48. The summed E-state index contributed by atoms with van der Waals surface area (Å²) in [4.78, 5) is 10.2. The Kier molecular flexibility index (Phi) is 9.39. The molecule has 8 nitrogen and oxygen atoms in total. The van der Waals surface area contributed by atoms with Crippen LogP contribution in [-0.4, -0.2) is 87.7 Å². The van der Waals surface area contributed by atoms with Gasteiger partial charge in [-0.3, -0.25) is 9.05 Å². The molecule has 1 N–H and O–H groups in total. The second-order valence-electron chi connectivity index (χ2n) is 7.52. The fourth-order valence-electron chi connectivity index (χ4n) is 3.06. The molecule has 0 aliphatic carbocycles. The third kappa shape index (κ3) is 7.29. The highest BCUT2D eigenvalue weighted by Gasteiger charge is 2.45. The predicted molar refractivity (Wildman–Crippen MR) is 108 cm³/mol. The lowest BCUT2D eigenvalue weighted by Gasteiger charge is -2.26. The molecule has 2 rings (SSSR count). The van der Waals surface area contributed by atoms with E-state index in [1.807, 2.05) is 27.7 Å². The van der Waals surface area contributed by atoms with Crippen molar-refractivity contribution in [2.24, 2.45) is 0 Å². The van der Waals surface area contributed by atoms with E-state index < -0.39 is 43.4 Å². The van der Waals surface area contributed by atoms with Crippen LogP contribution in [0, 0.1) is 0 Å². The zero-order valence-electron chi connectivity index (χ0n) is 16.7. The Labute approximate surface area is 175 Å². The van der Waals surface area contributed by atoms with Crippen LogP contribution in [0.3, 0.4) is 0 Å². The molecular weight excluding hydrogens is 405 g/mol. The first-order valence-corrected chi connectivity index (χ1v) is 11.4. The summed E-state index contributed by atoms with van der Waals surface area (Å²) in [6.45, 7) is 7.45. The van der Waals surface area contributed by atoms with E-state index in [0.717, 1.165) is 0 Å². The SMILES string of the molecule is [B][C@@H]1O[C@H](COC(C)C)C(OP(=O)(O)OC[C@H]2O[C@@H]([B])CC2OC(C)C)[C@@H]1S. The second-order valence-corrected chi connectivity index (χ2v) is 9.52. The van der Waals surface area contributed by atoms with Gasteiger partial charge in [0.15, 0.2) is 0 Å². The molecule has 12 heteroatoms. The summed E-state index contributed by atoms with van der Waals surface area (Å²) in [5, 5.41) is -0.613. The summed E-state index contributed by atoms with van der Waals surface area (Å²) in [5.74, 6) is 0. The fraction of sp³-hybridized carbons (Fsp3) is 1.00. The van der Waals surface area contributed by atoms with Crippen molar-refractivity contribution < 1.29 is 37.5 Å². The molecule has 0 spiro atoms. The van der Waals surface area contributed by atoms with E-state index in [-0.39, 0.29) is 31.5 Å². The van der Waals surface area contributed by atoms with Crippen LogP contribution in [0.25, 0.3) is 0 Å². The summed E-state index contributed by atoms with van der Waals surface area (Å²) >= 11 is 4.34. The maximum absolute atomic E-state index is 12.5. The van der Waals surface area contributed by atoms with Gasteiger partial charge < -0.3 is 23.8 Å². The van der Waals surface area contributed by atoms with Gasteiger partial charge in [-0.25, -0.2) is 4.57 Å². The largest absolute Gasteiger partial charge is 0.472 e. The van der Waals surface area contributed by atoms with Gasteiger partial charge >= 0.3 is 7.82 Å². The van der Waals surface area contributed by atoms with Crippen LogP contribution in [0.15, 0.2) is 0 Å². The lowest BCUT2D eigenvalue weighted by Crippen LogP contribution is -2.35.